The van der Waals surface area contributed by atoms with E-state index in [0.29, 0.717) is 0 Å². The molecule has 0 spiro atoms. The normalized spacial score (nSPS) is 12.6. The minimum absolute atomic E-state index is 0.728. The summed E-state index contributed by atoms with van der Waals surface area (Å²) in [5, 5.41) is 0. The van der Waals surface area contributed by atoms with Gasteiger partial charge in [0.25, 0.3) is 0 Å². The Morgan fingerprint density at radius 2 is 0.568 bits per heavy atom. The molecule has 0 radical (unpaired) electrons. The molecule has 0 aliphatic carbocycles. The van der Waals surface area contributed by atoms with Gasteiger partial charge in [0.1, 0.15) is 23.0 Å². The monoisotopic (exact) mass is 1050 g/mol. The topological polar surface area (TPSA) is 36.9 Å². The smallest absolute Gasteiger partial charge is 0.127 e. The molecule has 0 fully saturated rings. The Bertz CT molecular complexity index is 1880. The van der Waals surface area contributed by atoms with Crippen molar-refractivity contribution in [2.45, 2.75) is 256 Å². The molecule has 4 bridgehead atoms. The van der Waals surface area contributed by atoms with Crippen LogP contribution < -0.4 is 18.9 Å². The first-order valence-electron chi connectivity index (χ1n) is 30.8. The lowest BCUT2D eigenvalue weighted by Gasteiger charge is -2.22. The van der Waals surface area contributed by atoms with Crippen molar-refractivity contribution in [3.05, 3.63) is 95.1 Å². The summed E-state index contributed by atoms with van der Waals surface area (Å²) in [5.74, 6) is 7.48. The highest BCUT2D eigenvalue weighted by Crippen LogP contribution is 2.44. The molecule has 4 nitrogen and oxygen atoms in total. The van der Waals surface area contributed by atoms with Crippen molar-refractivity contribution in [3.8, 4) is 45.3 Å². The fraction of sp³-hybridized carbons (Fsp3) is 0.647. The van der Waals surface area contributed by atoms with Gasteiger partial charge < -0.3 is 18.9 Å². The van der Waals surface area contributed by atoms with Crippen LogP contribution in [0.5, 0.6) is 23.0 Å². The Hall–Kier alpha value is -3.22. The van der Waals surface area contributed by atoms with Gasteiger partial charge in [-0.25, -0.2) is 0 Å². The zero-order chi connectivity index (χ0) is 51.9. The van der Waals surface area contributed by atoms with Crippen LogP contribution in [0, 0.1) is 0 Å². The Kier molecular flexibility index (Phi) is 33.4. The first-order chi connectivity index (χ1) is 36.6. The average Bonchev–Trinajstić information content (AvgIpc) is 3.42. The van der Waals surface area contributed by atoms with Gasteiger partial charge in [-0.15, -0.1) is 0 Å². The molecule has 0 saturated heterocycles. The molecular formula is C68H104O4S2. The van der Waals surface area contributed by atoms with Gasteiger partial charge in [0, 0.05) is 34.1 Å². The molecular weight excluding hydrogens is 945 g/mol. The van der Waals surface area contributed by atoms with Crippen LogP contribution in [0.2, 0.25) is 0 Å². The Balaban J connectivity index is 1.47. The van der Waals surface area contributed by atoms with E-state index >= 15 is 0 Å². The third-order valence-electron chi connectivity index (χ3n) is 14.9. The number of thioether (sulfide) groups is 2. The number of hydrogen-bond acceptors (Lipinski definition) is 6. The molecule has 4 aliphatic heterocycles. The Morgan fingerprint density at radius 3 is 0.878 bits per heavy atom. The van der Waals surface area contributed by atoms with Crippen LogP contribution in [0.15, 0.2) is 72.8 Å². The molecule has 0 amide bonds. The molecule has 4 aromatic carbocycles. The van der Waals surface area contributed by atoms with Gasteiger partial charge in [-0.1, -0.05) is 232 Å². The molecule has 0 saturated carbocycles. The van der Waals surface area contributed by atoms with E-state index in [0.717, 1.165) is 109 Å². The van der Waals surface area contributed by atoms with Crippen LogP contribution in [0.25, 0.3) is 22.3 Å². The van der Waals surface area contributed by atoms with E-state index in [1.807, 2.05) is 23.5 Å². The minimum atomic E-state index is 0.728. The lowest BCUT2D eigenvalue weighted by atomic mass is 9.90. The van der Waals surface area contributed by atoms with Crippen molar-refractivity contribution in [3.63, 3.8) is 0 Å². The first-order valence-corrected chi connectivity index (χ1v) is 33.1. The summed E-state index contributed by atoms with van der Waals surface area (Å²) < 4.78 is 27.0. The fourth-order valence-corrected chi connectivity index (χ4v) is 12.3. The summed E-state index contributed by atoms with van der Waals surface area (Å²) in [6.45, 7) is 12.1. The van der Waals surface area contributed by atoms with Crippen molar-refractivity contribution in [1.82, 2.24) is 0 Å². The van der Waals surface area contributed by atoms with E-state index in [1.165, 1.54) is 213 Å². The Morgan fingerprint density at radius 1 is 0.284 bits per heavy atom. The molecule has 4 heterocycles. The number of benzene rings is 4. The zero-order valence-corrected chi connectivity index (χ0v) is 49.3. The lowest BCUT2D eigenvalue weighted by molar-refractivity contribution is 0.297. The van der Waals surface area contributed by atoms with Gasteiger partial charge >= 0.3 is 0 Å². The summed E-state index contributed by atoms with van der Waals surface area (Å²) in [7, 11) is 0. The third kappa shape index (κ3) is 24.8. The van der Waals surface area contributed by atoms with Gasteiger partial charge in [0.15, 0.2) is 0 Å². The van der Waals surface area contributed by atoms with Crippen LogP contribution in [0.4, 0.5) is 0 Å². The number of rotatable bonds is 42. The van der Waals surface area contributed by atoms with Gasteiger partial charge in [-0.05, 0) is 108 Å². The van der Waals surface area contributed by atoms with Crippen LogP contribution >= 0.6 is 23.5 Å². The average molecular weight is 1050 g/mol. The maximum Gasteiger partial charge on any atom is 0.127 e. The lowest BCUT2D eigenvalue weighted by Crippen LogP contribution is -2.04. The highest BCUT2D eigenvalue weighted by Gasteiger charge is 2.21. The predicted molar refractivity (Wildman–Crippen MR) is 326 cm³/mol. The number of unbranched alkanes of at least 4 members (excludes halogenated alkanes) is 28. The van der Waals surface area contributed by atoms with E-state index < -0.39 is 0 Å². The molecule has 6 heteroatoms. The maximum absolute atomic E-state index is 6.86. The van der Waals surface area contributed by atoms with Crippen molar-refractivity contribution < 1.29 is 18.9 Å². The zero-order valence-electron chi connectivity index (χ0n) is 47.7. The molecule has 4 aromatic rings. The van der Waals surface area contributed by atoms with E-state index in [4.69, 9.17) is 18.9 Å². The summed E-state index contributed by atoms with van der Waals surface area (Å²) in [4.78, 5) is 0. The van der Waals surface area contributed by atoms with Crippen LogP contribution in [-0.2, 0) is 23.0 Å². The third-order valence-corrected chi connectivity index (χ3v) is 17.0. The summed E-state index contributed by atoms with van der Waals surface area (Å²) in [6.07, 6.45) is 41.2. The largest absolute Gasteiger partial charge is 0.494 e. The number of hydrogen-bond donors (Lipinski definition) is 0. The molecule has 74 heavy (non-hydrogen) atoms. The van der Waals surface area contributed by atoms with Crippen molar-refractivity contribution in [2.24, 2.45) is 0 Å². The van der Waals surface area contributed by atoms with Gasteiger partial charge in [0.2, 0.25) is 0 Å². The molecule has 4 aliphatic rings. The molecule has 8 rings (SSSR count). The molecule has 412 valence electrons. The van der Waals surface area contributed by atoms with E-state index in [-0.39, 0.29) is 0 Å². The molecule has 0 aromatic heterocycles. The van der Waals surface area contributed by atoms with Gasteiger partial charge in [-0.3, -0.25) is 0 Å². The van der Waals surface area contributed by atoms with E-state index in [9.17, 15) is 0 Å². The second kappa shape index (κ2) is 40.1. The first kappa shape index (κ1) is 61.6. The van der Waals surface area contributed by atoms with Crippen LogP contribution in [0.3, 0.4) is 0 Å². The van der Waals surface area contributed by atoms with Crippen molar-refractivity contribution >= 4 is 23.5 Å². The van der Waals surface area contributed by atoms with Crippen LogP contribution in [-0.4, -0.2) is 26.4 Å². The van der Waals surface area contributed by atoms with E-state index in [1.54, 1.807) is 0 Å². The molecule has 0 atom stereocenters. The standard InChI is InChI=1S/C68H104O4S2/c1-5-9-13-17-21-25-29-33-45-69-61-41-43-67(71-47-35-31-27-23-19-15-11-7-3)65(51-61)63-49-60-56-74-54-58-39-37-57(38-40-58)53-73-55-59(63)50-64(60)66-52-62(70-46-34-30-26-22-18-14-10-6-2)42-44-68(66)72-48-36-32-28-24-20-16-12-8-4/h37-44,49-52H,5-36,45-48,53-56H2,1-4H3. The highest BCUT2D eigenvalue weighted by molar-refractivity contribution is 7.98. The van der Waals surface area contributed by atoms with Crippen molar-refractivity contribution in [1.29, 1.82) is 0 Å². The highest BCUT2D eigenvalue weighted by atomic mass is 32.2. The molecule has 0 unspecified atom stereocenters. The van der Waals surface area contributed by atoms with Gasteiger partial charge in [-0.2, -0.15) is 23.5 Å². The maximum atomic E-state index is 6.86. The number of ether oxygens (including phenoxy) is 4. The minimum Gasteiger partial charge on any atom is -0.494 e. The predicted octanol–water partition coefficient (Wildman–Crippen LogP) is 22.3. The summed E-state index contributed by atoms with van der Waals surface area (Å²) in [6, 6.07) is 27.7. The molecule has 0 N–H and O–H groups in total. The summed E-state index contributed by atoms with van der Waals surface area (Å²) in [5.41, 5.74) is 10.2. The van der Waals surface area contributed by atoms with Crippen molar-refractivity contribution in [2.75, 3.05) is 26.4 Å². The quantitative estimate of drug-likeness (QED) is 0.0412. The van der Waals surface area contributed by atoms with E-state index in [2.05, 4.69) is 100 Å². The SMILES string of the molecule is CCCCCCCCCCOc1ccc(OCCCCCCCCCC)c(-c2cc3c(-c4cc(OCCCCCCCCCC)ccc4OCCCCCCCCCC)cc2CSCc2ccc(cc2)CSC3)c1. The second-order valence-electron chi connectivity index (χ2n) is 21.6. The second-order valence-corrected chi connectivity index (χ2v) is 23.5. The fourth-order valence-electron chi connectivity index (χ4n) is 10.3. The van der Waals surface area contributed by atoms with Gasteiger partial charge in [0.05, 0.1) is 26.4 Å². The van der Waals surface area contributed by atoms with Crippen LogP contribution in [0.1, 0.15) is 255 Å². The Labute approximate surface area is 462 Å². The summed E-state index contributed by atoms with van der Waals surface area (Å²) >= 11 is 4.01.